The Balaban J connectivity index is 1.24. The zero-order chi connectivity index (χ0) is 25.1. The van der Waals surface area contributed by atoms with Crippen molar-refractivity contribution in [3.63, 3.8) is 0 Å². The summed E-state index contributed by atoms with van der Waals surface area (Å²) in [4.78, 5) is 37.3. The normalized spacial score (nSPS) is 27.3. The molecule has 2 aromatic rings. The van der Waals surface area contributed by atoms with E-state index in [1.54, 1.807) is 13.1 Å². The SMILES string of the molecule is CN1C(=O)[C@@](CCC2CCCCC2)(C[C@H]2CCCC(NC(=O)c3ccc4ccccc4n3)C2)N=C1N. The number of benzene rings is 1. The minimum atomic E-state index is -0.743. The first-order valence-corrected chi connectivity index (χ1v) is 13.7. The monoisotopic (exact) mass is 489 g/mol. The van der Waals surface area contributed by atoms with E-state index in [0.29, 0.717) is 29.9 Å². The molecule has 0 saturated heterocycles. The molecular formula is C29H39N5O2. The van der Waals surface area contributed by atoms with E-state index < -0.39 is 5.54 Å². The first kappa shape index (κ1) is 24.7. The van der Waals surface area contributed by atoms with Gasteiger partial charge in [0.05, 0.1) is 5.52 Å². The molecule has 5 rings (SSSR count). The van der Waals surface area contributed by atoms with E-state index in [0.717, 1.165) is 49.4 Å². The van der Waals surface area contributed by atoms with Crippen molar-refractivity contribution < 1.29 is 9.59 Å². The van der Waals surface area contributed by atoms with E-state index in [2.05, 4.69) is 10.3 Å². The van der Waals surface area contributed by atoms with Crippen molar-refractivity contribution in [2.75, 3.05) is 7.05 Å². The molecule has 1 aromatic heterocycles. The molecule has 7 nitrogen and oxygen atoms in total. The van der Waals surface area contributed by atoms with E-state index in [1.807, 2.05) is 30.3 Å². The van der Waals surface area contributed by atoms with Crippen LogP contribution in [-0.2, 0) is 4.79 Å². The van der Waals surface area contributed by atoms with E-state index in [1.165, 1.54) is 37.0 Å². The Morgan fingerprint density at radius 3 is 2.61 bits per heavy atom. The number of fused-ring (bicyclic) bond motifs is 1. The summed E-state index contributed by atoms with van der Waals surface area (Å²) in [6.07, 6.45) is 12.9. The average molecular weight is 490 g/mol. The lowest BCUT2D eigenvalue weighted by molar-refractivity contribution is -0.131. The molecule has 2 amide bonds. The third-order valence-electron chi connectivity index (χ3n) is 8.64. The van der Waals surface area contributed by atoms with Gasteiger partial charge in [-0.15, -0.1) is 0 Å². The summed E-state index contributed by atoms with van der Waals surface area (Å²) in [6, 6.07) is 11.6. The molecule has 3 aliphatic rings. The van der Waals surface area contributed by atoms with Crippen molar-refractivity contribution in [3.8, 4) is 0 Å². The second-order valence-corrected chi connectivity index (χ2v) is 11.2. The molecule has 192 valence electrons. The highest BCUT2D eigenvalue weighted by Gasteiger charge is 2.48. The van der Waals surface area contributed by atoms with Crippen LogP contribution in [-0.4, -0.2) is 46.3 Å². The molecule has 3 N–H and O–H groups in total. The predicted molar refractivity (Wildman–Crippen MR) is 143 cm³/mol. The average Bonchev–Trinajstić information content (AvgIpc) is 3.11. The van der Waals surface area contributed by atoms with E-state index in [-0.39, 0.29) is 17.9 Å². The van der Waals surface area contributed by atoms with Crippen LogP contribution in [0.5, 0.6) is 0 Å². The summed E-state index contributed by atoms with van der Waals surface area (Å²) in [5, 5.41) is 4.25. The summed E-state index contributed by atoms with van der Waals surface area (Å²) >= 11 is 0. The number of carbonyl (C=O) groups excluding carboxylic acids is 2. The van der Waals surface area contributed by atoms with Gasteiger partial charge >= 0.3 is 0 Å². The number of aliphatic imine (C=N–C) groups is 1. The Kier molecular flexibility index (Phi) is 7.26. The highest BCUT2D eigenvalue weighted by molar-refractivity contribution is 6.06. The number of likely N-dealkylation sites (N-methyl/N-ethyl adjacent to an activating group) is 1. The maximum atomic E-state index is 13.4. The lowest BCUT2D eigenvalue weighted by atomic mass is 9.74. The van der Waals surface area contributed by atoms with Gasteiger partial charge in [0, 0.05) is 18.5 Å². The van der Waals surface area contributed by atoms with Crippen LogP contribution in [0.25, 0.3) is 10.9 Å². The fourth-order valence-electron chi connectivity index (χ4n) is 6.61. The molecule has 3 atom stereocenters. The van der Waals surface area contributed by atoms with Gasteiger partial charge in [-0.1, -0.05) is 69.2 Å². The minimum Gasteiger partial charge on any atom is -0.369 e. The zero-order valence-corrected chi connectivity index (χ0v) is 21.4. The molecule has 7 heteroatoms. The number of nitrogens with two attached hydrogens (primary N) is 1. The van der Waals surface area contributed by atoms with Crippen molar-refractivity contribution in [1.29, 1.82) is 0 Å². The molecule has 2 heterocycles. The number of hydrogen-bond acceptors (Lipinski definition) is 5. The second kappa shape index (κ2) is 10.6. The Labute approximate surface area is 213 Å². The quantitative estimate of drug-likeness (QED) is 0.583. The third kappa shape index (κ3) is 5.25. The Bertz CT molecular complexity index is 1140. The Hall–Kier alpha value is -2.96. The Morgan fingerprint density at radius 2 is 1.83 bits per heavy atom. The van der Waals surface area contributed by atoms with Crippen molar-refractivity contribution in [2.24, 2.45) is 22.6 Å². The summed E-state index contributed by atoms with van der Waals surface area (Å²) in [6.45, 7) is 0. The number of amides is 2. The van der Waals surface area contributed by atoms with Gasteiger partial charge in [-0.25, -0.2) is 9.98 Å². The molecule has 0 radical (unpaired) electrons. The number of aromatic nitrogens is 1. The van der Waals surface area contributed by atoms with Crippen LogP contribution in [0.15, 0.2) is 41.4 Å². The smallest absolute Gasteiger partial charge is 0.270 e. The van der Waals surface area contributed by atoms with Gasteiger partial charge in [0.15, 0.2) is 5.96 Å². The molecular weight excluding hydrogens is 450 g/mol. The maximum Gasteiger partial charge on any atom is 0.270 e. The molecule has 2 saturated carbocycles. The molecule has 36 heavy (non-hydrogen) atoms. The van der Waals surface area contributed by atoms with Crippen molar-refractivity contribution in [2.45, 2.75) is 88.6 Å². The largest absolute Gasteiger partial charge is 0.369 e. The number of guanidine groups is 1. The number of para-hydroxylation sites is 1. The number of nitrogens with zero attached hydrogens (tertiary/aromatic N) is 3. The summed E-state index contributed by atoms with van der Waals surface area (Å²) in [5.74, 6) is 1.27. The van der Waals surface area contributed by atoms with Gasteiger partial charge in [0.1, 0.15) is 11.2 Å². The van der Waals surface area contributed by atoms with Crippen molar-refractivity contribution >= 4 is 28.7 Å². The van der Waals surface area contributed by atoms with Crippen LogP contribution in [0, 0.1) is 11.8 Å². The Morgan fingerprint density at radius 1 is 1.06 bits per heavy atom. The molecule has 0 spiro atoms. The number of hydrogen-bond donors (Lipinski definition) is 2. The van der Waals surface area contributed by atoms with Crippen LogP contribution in [0.2, 0.25) is 0 Å². The number of carbonyl (C=O) groups is 2. The topological polar surface area (TPSA) is 101 Å². The number of rotatable bonds is 7. The zero-order valence-electron chi connectivity index (χ0n) is 21.4. The van der Waals surface area contributed by atoms with E-state index >= 15 is 0 Å². The minimum absolute atomic E-state index is 0.0438. The van der Waals surface area contributed by atoms with Gasteiger partial charge < -0.3 is 11.1 Å². The highest BCUT2D eigenvalue weighted by Crippen LogP contribution is 2.40. The van der Waals surface area contributed by atoms with E-state index in [9.17, 15) is 9.59 Å². The molecule has 2 fully saturated rings. The predicted octanol–water partition coefficient (Wildman–Crippen LogP) is 4.80. The van der Waals surface area contributed by atoms with Crippen LogP contribution >= 0.6 is 0 Å². The van der Waals surface area contributed by atoms with E-state index in [4.69, 9.17) is 10.7 Å². The van der Waals surface area contributed by atoms with Gasteiger partial charge in [-0.3, -0.25) is 14.5 Å². The van der Waals surface area contributed by atoms with Gasteiger partial charge in [0.25, 0.3) is 11.8 Å². The maximum absolute atomic E-state index is 13.4. The summed E-state index contributed by atoms with van der Waals surface area (Å²) < 4.78 is 0. The van der Waals surface area contributed by atoms with Crippen molar-refractivity contribution in [3.05, 3.63) is 42.1 Å². The first-order chi connectivity index (χ1) is 17.4. The lowest BCUT2D eigenvalue weighted by Crippen LogP contribution is -2.45. The van der Waals surface area contributed by atoms with Gasteiger partial charge in [0.2, 0.25) is 0 Å². The first-order valence-electron chi connectivity index (χ1n) is 13.7. The lowest BCUT2D eigenvalue weighted by Gasteiger charge is -2.35. The van der Waals surface area contributed by atoms with Crippen LogP contribution < -0.4 is 11.1 Å². The van der Waals surface area contributed by atoms with Gasteiger partial charge in [-0.2, -0.15) is 0 Å². The standard InChI is InChI=1S/C29H39N5O2/c1-34-27(36)29(33-28(34)30,17-16-20-8-3-2-4-9-20)19-21-10-7-12-23(18-21)31-26(35)25-15-14-22-11-5-6-13-24(22)32-25/h5-6,11,13-15,20-21,23H,2-4,7-10,12,16-19H2,1H3,(H2,30,33)(H,31,35)/t21-,23?,29+/m0/s1. The third-order valence-corrected chi connectivity index (χ3v) is 8.64. The number of nitrogens with one attached hydrogen (secondary N) is 1. The van der Waals surface area contributed by atoms with Crippen molar-refractivity contribution in [1.82, 2.24) is 15.2 Å². The van der Waals surface area contributed by atoms with Gasteiger partial charge in [-0.05, 0) is 56.1 Å². The highest BCUT2D eigenvalue weighted by atomic mass is 16.2. The summed E-state index contributed by atoms with van der Waals surface area (Å²) in [5.41, 5.74) is 6.68. The molecule has 1 aromatic carbocycles. The fraction of sp³-hybridized carbons (Fsp3) is 0.586. The van der Waals surface area contributed by atoms with Crippen LogP contribution in [0.3, 0.4) is 0 Å². The second-order valence-electron chi connectivity index (χ2n) is 11.2. The molecule has 1 unspecified atom stereocenters. The molecule has 0 bridgehead atoms. The molecule has 2 aliphatic carbocycles. The summed E-state index contributed by atoms with van der Waals surface area (Å²) in [7, 11) is 1.74. The number of pyridine rings is 1. The van der Waals surface area contributed by atoms with Crippen LogP contribution in [0.1, 0.15) is 87.5 Å². The molecule has 1 aliphatic heterocycles. The fourth-order valence-corrected chi connectivity index (χ4v) is 6.61. The van der Waals surface area contributed by atoms with Crippen LogP contribution in [0.4, 0.5) is 0 Å².